The molecule has 5 nitrogen and oxygen atoms in total. The number of nitrogens with zero attached hydrogens (tertiary/aromatic N) is 1. The molecule has 1 aliphatic rings. The lowest BCUT2D eigenvalue weighted by Gasteiger charge is -2.33. The molecule has 1 amide bonds. The molecular weight excluding hydrogens is 350 g/mol. The monoisotopic (exact) mass is 373 g/mol. The lowest BCUT2D eigenvalue weighted by molar-refractivity contribution is -0.132. The van der Waals surface area contributed by atoms with E-state index in [1.54, 1.807) is 35.2 Å². The van der Waals surface area contributed by atoms with Gasteiger partial charge < -0.3 is 4.90 Å². The van der Waals surface area contributed by atoms with Gasteiger partial charge in [-0.25, -0.2) is 0 Å². The van der Waals surface area contributed by atoms with Crippen LogP contribution in [0.4, 0.5) is 0 Å². The second-order valence-electron chi connectivity index (χ2n) is 6.76. The highest BCUT2D eigenvalue weighted by Gasteiger charge is 2.37. The maximum atomic E-state index is 12.8. The van der Waals surface area contributed by atoms with Crippen LogP contribution in [0.1, 0.15) is 29.2 Å². The molecular formula is C20H23NO4S. The number of hydrogen-bond acceptors (Lipinski definition) is 3. The van der Waals surface area contributed by atoms with E-state index in [4.69, 9.17) is 0 Å². The molecule has 1 atom stereocenters. The molecule has 1 unspecified atom stereocenters. The van der Waals surface area contributed by atoms with Gasteiger partial charge in [0.05, 0.1) is 0 Å². The fourth-order valence-electron chi connectivity index (χ4n) is 3.54. The van der Waals surface area contributed by atoms with Crippen LogP contribution in [-0.2, 0) is 21.3 Å². The van der Waals surface area contributed by atoms with E-state index < -0.39 is 21.3 Å². The van der Waals surface area contributed by atoms with Gasteiger partial charge in [0.15, 0.2) is 5.25 Å². The maximum absolute atomic E-state index is 12.8. The molecule has 138 valence electrons. The predicted molar refractivity (Wildman–Crippen MR) is 100 cm³/mol. The summed E-state index contributed by atoms with van der Waals surface area (Å²) in [7, 11) is -4.52. The summed E-state index contributed by atoms with van der Waals surface area (Å²) in [6.07, 6.45) is 2.62. The summed E-state index contributed by atoms with van der Waals surface area (Å²) in [5, 5.41) is -1.55. The number of hydrogen-bond donors (Lipinski definition) is 1. The molecule has 2 aromatic carbocycles. The van der Waals surface area contributed by atoms with Gasteiger partial charge in [0, 0.05) is 13.1 Å². The Labute approximate surface area is 154 Å². The number of rotatable bonds is 5. The fraction of sp³-hybridized carbons (Fsp3) is 0.350. The van der Waals surface area contributed by atoms with Crippen LogP contribution < -0.4 is 0 Å². The molecule has 0 saturated carbocycles. The van der Waals surface area contributed by atoms with E-state index in [0.29, 0.717) is 24.6 Å². The Morgan fingerprint density at radius 1 is 1.00 bits per heavy atom. The summed E-state index contributed by atoms with van der Waals surface area (Å²) >= 11 is 0. The van der Waals surface area contributed by atoms with Crippen LogP contribution in [-0.4, -0.2) is 36.9 Å². The van der Waals surface area contributed by atoms with E-state index >= 15 is 0 Å². The van der Waals surface area contributed by atoms with Crippen molar-refractivity contribution >= 4 is 16.0 Å². The Hall–Kier alpha value is -2.18. The van der Waals surface area contributed by atoms with Gasteiger partial charge in [-0.1, -0.05) is 60.7 Å². The normalized spacial score (nSPS) is 17.0. The molecule has 1 saturated heterocycles. The van der Waals surface area contributed by atoms with E-state index in [1.165, 1.54) is 5.56 Å². The lowest BCUT2D eigenvalue weighted by atomic mass is 9.90. The number of piperidine rings is 1. The van der Waals surface area contributed by atoms with Crippen LogP contribution in [0.3, 0.4) is 0 Å². The Kier molecular flexibility index (Phi) is 5.74. The van der Waals surface area contributed by atoms with Crippen molar-refractivity contribution in [2.75, 3.05) is 13.1 Å². The molecule has 0 bridgehead atoms. The number of likely N-dealkylation sites (tertiary alicyclic amines) is 1. The van der Waals surface area contributed by atoms with E-state index in [0.717, 1.165) is 19.3 Å². The van der Waals surface area contributed by atoms with Gasteiger partial charge in [-0.3, -0.25) is 9.35 Å². The van der Waals surface area contributed by atoms with Crippen LogP contribution in [0.2, 0.25) is 0 Å². The van der Waals surface area contributed by atoms with Crippen LogP contribution >= 0.6 is 0 Å². The first-order valence-electron chi connectivity index (χ1n) is 8.79. The van der Waals surface area contributed by atoms with Crippen LogP contribution in [0.5, 0.6) is 0 Å². The summed E-state index contributed by atoms with van der Waals surface area (Å²) in [6.45, 7) is 1.02. The standard InChI is InChI=1S/C20H23NO4S/c22-20(19(26(23,24)25)18-9-5-2-6-10-18)21-13-11-17(12-14-21)15-16-7-3-1-4-8-16/h1-10,17,19H,11-15H2,(H,23,24,25). The smallest absolute Gasteiger partial charge is 0.281 e. The third-order valence-corrected chi connectivity index (χ3v) is 5.99. The average molecular weight is 373 g/mol. The minimum Gasteiger partial charge on any atom is -0.341 e. The van der Waals surface area contributed by atoms with Crippen molar-refractivity contribution in [3.8, 4) is 0 Å². The highest BCUT2D eigenvalue weighted by Crippen LogP contribution is 2.28. The summed E-state index contributed by atoms with van der Waals surface area (Å²) in [5.41, 5.74) is 1.57. The van der Waals surface area contributed by atoms with Crippen LogP contribution in [0.15, 0.2) is 60.7 Å². The average Bonchev–Trinajstić information content (AvgIpc) is 2.63. The minimum atomic E-state index is -4.52. The zero-order valence-corrected chi connectivity index (χ0v) is 15.3. The van der Waals surface area contributed by atoms with E-state index in [2.05, 4.69) is 12.1 Å². The number of amides is 1. The van der Waals surface area contributed by atoms with Gasteiger partial charge in [0.25, 0.3) is 10.1 Å². The molecule has 0 aliphatic carbocycles. The molecule has 1 heterocycles. The molecule has 3 rings (SSSR count). The first kappa shape index (κ1) is 18.6. The van der Waals surface area contributed by atoms with Gasteiger partial charge in [-0.15, -0.1) is 0 Å². The third kappa shape index (κ3) is 4.51. The van der Waals surface area contributed by atoms with Gasteiger partial charge in [0.2, 0.25) is 5.91 Å². The van der Waals surface area contributed by atoms with Crippen molar-refractivity contribution in [3.63, 3.8) is 0 Å². The Morgan fingerprint density at radius 3 is 2.08 bits per heavy atom. The Balaban J connectivity index is 1.67. The van der Waals surface area contributed by atoms with E-state index in [9.17, 15) is 17.8 Å². The van der Waals surface area contributed by atoms with Crippen LogP contribution in [0, 0.1) is 5.92 Å². The maximum Gasteiger partial charge on any atom is 0.281 e. The Bertz CT molecular complexity index is 829. The van der Waals surface area contributed by atoms with E-state index in [-0.39, 0.29) is 0 Å². The van der Waals surface area contributed by atoms with Crippen molar-refractivity contribution in [2.24, 2.45) is 5.92 Å². The fourth-order valence-corrected chi connectivity index (χ4v) is 4.45. The molecule has 6 heteroatoms. The highest BCUT2D eigenvalue weighted by atomic mass is 32.2. The quantitative estimate of drug-likeness (QED) is 0.817. The molecule has 0 radical (unpaired) electrons. The second kappa shape index (κ2) is 8.01. The zero-order valence-electron chi connectivity index (χ0n) is 14.5. The molecule has 0 spiro atoms. The van der Waals surface area contributed by atoms with Crippen molar-refractivity contribution in [3.05, 3.63) is 71.8 Å². The topological polar surface area (TPSA) is 74.7 Å². The van der Waals surface area contributed by atoms with Gasteiger partial charge in [-0.2, -0.15) is 8.42 Å². The molecule has 0 aromatic heterocycles. The van der Waals surface area contributed by atoms with Crippen molar-refractivity contribution in [1.82, 2.24) is 4.90 Å². The minimum absolute atomic E-state index is 0.298. The number of carbonyl (C=O) groups excluding carboxylic acids is 1. The summed E-state index contributed by atoms with van der Waals surface area (Å²) in [6, 6.07) is 18.4. The van der Waals surface area contributed by atoms with Crippen molar-refractivity contribution < 1.29 is 17.8 Å². The molecule has 26 heavy (non-hydrogen) atoms. The first-order chi connectivity index (χ1) is 12.4. The largest absolute Gasteiger partial charge is 0.341 e. The van der Waals surface area contributed by atoms with E-state index in [1.807, 2.05) is 18.2 Å². The zero-order chi connectivity index (χ0) is 18.6. The second-order valence-corrected chi connectivity index (χ2v) is 8.27. The van der Waals surface area contributed by atoms with Crippen molar-refractivity contribution in [1.29, 1.82) is 0 Å². The summed E-state index contributed by atoms with van der Waals surface area (Å²) in [5.74, 6) is -0.0702. The van der Waals surface area contributed by atoms with Gasteiger partial charge in [0.1, 0.15) is 0 Å². The molecule has 2 aromatic rings. The van der Waals surface area contributed by atoms with Gasteiger partial charge in [-0.05, 0) is 36.3 Å². The van der Waals surface area contributed by atoms with Crippen LogP contribution in [0.25, 0.3) is 0 Å². The number of carbonyl (C=O) groups is 1. The molecule has 1 aliphatic heterocycles. The Morgan fingerprint density at radius 2 is 1.54 bits per heavy atom. The summed E-state index contributed by atoms with van der Waals surface area (Å²) < 4.78 is 33.3. The highest BCUT2D eigenvalue weighted by molar-refractivity contribution is 7.86. The lowest BCUT2D eigenvalue weighted by Crippen LogP contribution is -2.43. The molecule has 1 fully saturated rings. The predicted octanol–water partition coefficient (Wildman–Crippen LogP) is 3.10. The SMILES string of the molecule is O=C(C(c1ccccc1)S(=O)(=O)O)N1CCC(Cc2ccccc2)CC1. The molecule has 1 N–H and O–H groups in total. The third-order valence-electron chi connectivity index (χ3n) is 4.92. The first-order valence-corrected chi connectivity index (χ1v) is 10.3. The summed E-state index contributed by atoms with van der Waals surface area (Å²) in [4.78, 5) is 14.4. The van der Waals surface area contributed by atoms with Crippen molar-refractivity contribution in [2.45, 2.75) is 24.5 Å². The van der Waals surface area contributed by atoms with Gasteiger partial charge >= 0.3 is 0 Å². The number of benzene rings is 2.